The summed E-state index contributed by atoms with van der Waals surface area (Å²) in [7, 11) is 0. The van der Waals surface area contributed by atoms with Gasteiger partial charge in [-0.1, -0.05) is 6.42 Å². The van der Waals surface area contributed by atoms with Crippen LogP contribution in [0, 0.1) is 11.8 Å². The van der Waals surface area contributed by atoms with E-state index < -0.39 is 6.04 Å². The molecule has 0 bridgehead atoms. The van der Waals surface area contributed by atoms with Crippen molar-refractivity contribution in [3.63, 3.8) is 0 Å². The van der Waals surface area contributed by atoms with E-state index in [1.165, 1.54) is 58.0 Å². The molecule has 5 aliphatic rings. The second-order valence-corrected chi connectivity index (χ2v) is 11.9. The first-order valence-corrected chi connectivity index (χ1v) is 14.8. The first kappa shape index (κ1) is 25.8. The van der Waals surface area contributed by atoms with Gasteiger partial charge in [-0.05, 0) is 93.9 Å². The molecule has 3 atom stereocenters. The molecule has 38 heavy (non-hydrogen) atoms. The minimum atomic E-state index is -0.590. The molecule has 3 amide bonds. The smallest absolute Gasteiger partial charge is 0.255 e. The van der Waals surface area contributed by atoms with Crippen LogP contribution < -0.4 is 10.1 Å². The van der Waals surface area contributed by atoms with E-state index in [0.717, 1.165) is 36.2 Å². The fourth-order valence-electron chi connectivity index (χ4n) is 7.51. The van der Waals surface area contributed by atoms with Crippen LogP contribution >= 0.6 is 0 Å². The van der Waals surface area contributed by atoms with E-state index in [1.807, 2.05) is 18.2 Å². The lowest BCUT2D eigenvalue weighted by Crippen LogP contribution is -2.59. The predicted octanol–water partition coefficient (Wildman–Crippen LogP) is 3.66. The maximum absolute atomic E-state index is 13.0. The monoisotopic (exact) mass is 523 g/mol. The highest BCUT2D eigenvalue weighted by Crippen LogP contribution is 2.40. The summed E-state index contributed by atoms with van der Waals surface area (Å²) in [5, 5.41) is 2.37. The number of imide groups is 1. The fourth-order valence-corrected chi connectivity index (χ4v) is 7.51. The van der Waals surface area contributed by atoms with Gasteiger partial charge in [0.2, 0.25) is 11.8 Å². The molecule has 1 unspecified atom stereocenters. The molecule has 0 radical (unpaired) electrons. The quantitative estimate of drug-likeness (QED) is 0.549. The average Bonchev–Trinajstić information content (AvgIpc) is 3.20. The van der Waals surface area contributed by atoms with Crippen LogP contribution in [0.2, 0.25) is 0 Å². The zero-order valence-electron chi connectivity index (χ0n) is 22.5. The third-order valence-corrected chi connectivity index (χ3v) is 9.65. The normalized spacial score (nSPS) is 32.6. The van der Waals surface area contributed by atoms with Crippen LogP contribution in [0.25, 0.3) is 0 Å². The number of carbonyl (C=O) groups is 3. The number of hydrogen-bond acceptors (Lipinski definition) is 6. The van der Waals surface area contributed by atoms with Crippen molar-refractivity contribution in [2.75, 3.05) is 19.7 Å². The number of carbonyl (C=O) groups excluding carboxylic acids is 3. The van der Waals surface area contributed by atoms with Gasteiger partial charge in [0, 0.05) is 44.3 Å². The third-order valence-electron chi connectivity index (χ3n) is 9.65. The van der Waals surface area contributed by atoms with Gasteiger partial charge in [0.1, 0.15) is 17.9 Å². The predicted molar refractivity (Wildman–Crippen MR) is 142 cm³/mol. The largest absolute Gasteiger partial charge is 0.489 e. The molecule has 1 N–H and O–H groups in total. The number of ether oxygens (including phenoxy) is 2. The summed E-state index contributed by atoms with van der Waals surface area (Å²) in [6, 6.07) is 5.60. The van der Waals surface area contributed by atoms with Crippen LogP contribution in [-0.4, -0.2) is 71.5 Å². The van der Waals surface area contributed by atoms with Crippen molar-refractivity contribution >= 4 is 17.7 Å². The van der Waals surface area contributed by atoms with Crippen molar-refractivity contribution in [3.8, 4) is 5.75 Å². The van der Waals surface area contributed by atoms with Crippen molar-refractivity contribution < 1.29 is 23.9 Å². The molecule has 3 heterocycles. The Bertz CT molecular complexity index is 1060. The second kappa shape index (κ2) is 11.0. The zero-order chi connectivity index (χ0) is 26.2. The Morgan fingerprint density at radius 1 is 0.947 bits per heavy atom. The molecule has 8 heteroatoms. The van der Waals surface area contributed by atoms with Crippen molar-refractivity contribution in [1.82, 2.24) is 15.1 Å². The number of amides is 3. The summed E-state index contributed by atoms with van der Waals surface area (Å²) in [6.07, 6.45) is 11.0. The Morgan fingerprint density at radius 2 is 1.74 bits per heavy atom. The van der Waals surface area contributed by atoms with Crippen molar-refractivity contribution in [1.29, 1.82) is 0 Å². The Hall–Kier alpha value is -2.45. The molecule has 3 aliphatic heterocycles. The number of fused-ring (bicyclic) bond motifs is 1. The molecule has 6 rings (SSSR count). The van der Waals surface area contributed by atoms with E-state index in [1.54, 1.807) is 4.90 Å². The van der Waals surface area contributed by atoms with Crippen LogP contribution in [0.5, 0.6) is 5.75 Å². The summed E-state index contributed by atoms with van der Waals surface area (Å²) in [5.41, 5.74) is 1.53. The Labute approximate surface area is 225 Å². The minimum absolute atomic E-state index is 0.140. The maximum atomic E-state index is 13.0. The molecule has 4 fully saturated rings. The molecule has 2 saturated heterocycles. The number of nitrogens with one attached hydrogen (secondary N) is 1. The molecule has 1 aromatic rings. The molecule has 2 saturated carbocycles. The van der Waals surface area contributed by atoms with Gasteiger partial charge in [0.25, 0.3) is 5.91 Å². The molecule has 2 aliphatic carbocycles. The Morgan fingerprint density at radius 3 is 2.50 bits per heavy atom. The third kappa shape index (κ3) is 5.09. The van der Waals surface area contributed by atoms with E-state index in [2.05, 4.69) is 17.1 Å². The molecule has 1 aromatic carbocycles. The second-order valence-electron chi connectivity index (χ2n) is 11.9. The van der Waals surface area contributed by atoms with Crippen LogP contribution in [0.1, 0.15) is 87.1 Å². The molecule has 0 aromatic heterocycles. The van der Waals surface area contributed by atoms with Crippen molar-refractivity contribution in [2.45, 2.75) is 102 Å². The topological polar surface area (TPSA) is 88.2 Å². The lowest BCUT2D eigenvalue weighted by Gasteiger charge is -2.51. The molecule has 8 nitrogen and oxygen atoms in total. The molecular weight excluding hydrogens is 482 g/mol. The van der Waals surface area contributed by atoms with Gasteiger partial charge >= 0.3 is 0 Å². The number of nitrogens with zero attached hydrogens (tertiary/aromatic N) is 2. The highest BCUT2D eigenvalue weighted by Gasteiger charge is 2.43. The van der Waals surface area contributed by atoms with Crippen molar-refractivity contribution in [2.24, 2.45) is 11.8 Å². The standard InChI is InChI=1S/C30H41N3O5/c1-2-37-22-9-7-19(8-10-22)21-16-32(17-21)25-5-3-4-6-27(25)38-23-11-12-24-20(15-23)18-33(30(24)36)26-13-14-28(34)31-29(26)35/h11-12,15,19,21-22,25-27H,2-10,13-14,16-18H2,1H3,(H,31,34,35)/t19?,22?,25-,26?,27+/m0/s1. The van der Waals surface area contributed by atoms with E-state index in [0.29, 0.717) is 30.7 Å². The highest BCUT2D eigenvalue weighted by atomic mass is 16.5. The average molecular weight is 524 g/mol. The van der Waals surface area contributed by atoms with Crippen LogP contribution in [-0.2, 0) is 20.9 Å². The van der Waals surface area contributed by atoms with E-state index >= 15 is 0 Å². The van der Waals surface area contributed by atoms with Crippen LogP contribution in [0.4, 0.5) is 0 Å². The van der Waals surface area contributed by atoms with Gasteiger partial charge in [-0.25, -0.2) is 0 Å². The van der Waals surface area contributed by atoms with E-state index in [9.17, 15) is 14.4 Å². The van der Waals surface area contributed by atoms with Gasteiger partial charge < -0.3 is 14.4 Å². The lowest BCUT2D eigenvalue weighted by molar-refractivity contribution is -0.136. The van der Waals surface area contributed by atoms with Crippen molar-refractivity contribution in [3.05, 3.63) is 29.3 Å². The summed E-state index contributed by atoms with van der Waals surface area (Å²) in [4.78, 5) is 41.2. The zero-order valence-corrected chi connectivity index (χ0v) is 22.5. The van der Waals surface area contributed by atoms with Crippen LogP contribution in [0.3, 0.4) is 0 Å². The Kier molecular flexibility index (Phi) is 7.45. The number of rotatable bonds is 7. The van der Waals surface area contributed by atoms with E-state index in [4.69, 9.17) is 9.47 Å². The van der Waals surface area contributed by atoms with Gasteiger partial charge in [-0.2, -0.15) is 0 Å². The summed E-state index contributed by atoms with van der Waals surface area (Å²) in [6.45, 7) is 5.68. The molecule has 206 valence electrons. The maximum Gasteiger partial charge on any atom is 0.255 e. The van der Waals surface area contributed by atoms with Gasteiger partial charge in [0.15, 0.2) is 0 Å². The number of piperidine rings is 1. The van der Waals surface area contributed by atoms with Gasteiger partial charge in [-0.3, -0.25) is 24.6 Å². The first-order valence-electron chi connectivity index (χ1n) is 14.8. The highest BCUT2D eigenvalue weighted by molar-refractivity contribution is 6.05. The van der Waals surface area contributed by atoms with E-state index in [-0.39, 0.29) is 30.2 Å². The summed E-state index contributed by atoms with van der Waals surface area (Å²) >= 11 is 0. The summed E-state index contributed by atoms with van der Waals surface area (Å²) < 4.78 is 12.5. The lowest BCUT2D eigenvalue weighted by atomic mass is 9.74. The molecular formula is C30H41N3O5. The molecule has 0 spiro atoms. The Balaban J connectivity index is 1.05. The SMILES string of the molecule is CCOC1CCC(C2CN([C@H]3CCCC[C@H]3Oc3ccc4c(c3)CN(C3CCC(=O)NC3=O)C4=O)C2)CC1. The van der Waals surface area contributed by atoms with Gasteiger partial charge in [-0.15, -0.1) is 0 Å². The number of hydrogen-bond donors (Lipinski definition) is 1. The fraction of sp³-hybridized carbons (Fsp3) is 0.700. The number of benzene rings is 1. The minimum Gasteiger partial charge on any atom is -0.489 e. The van der Waals surface area contributed by atoms with Gasteiger partial charge in [0.05, 0.1) is 6.10 Å². The van der Waals surface area contributed by atoms with Crippen LogP contribution in [0.15, 0.2) is 18.2 Å². The number of likely N-dealkylation sites (tertiary alicyclic amines) is 1. The summed E-state index contributed by atoms with van der Waals surface area (Å²) in [5.74, 6) is 1.68. The first-order chi connectivity index (χ1) is 18.5.